The first-order valence-corrected chi connectivity index (χ1v) is 6.99. The van der Waals surface area contributed by atoms with Crippen molar-refractivity contribution in [3.05, 3.63) is 58.7 Å². The first-order valence-electron chi connectivity index (χ1n) is 6.99. The standard InChI is InChI=1S/C18H22O2/c1-12-9-10-18(15(4)14(12)3)20-13(2)11-16-7-5-6-8-17(16)19/h5-10,13,19H,11H2,1-4H3. The largest absolute Gasteiger partial charge is 0.508 e. The molecule has 2 rings (SSSR count). The summed E-state index contributed by atoms with van der Waals surface area (Å²) >= 11 is 0. The normalized spacial score (nSPS) is 12.2. The number of hydrogen-bond donors (Lipinski definition) is 1. The number of rotatable bonds is 4. The van der Waals surface area contributed by atoms with Crippen molar-refractivity contribution in [2.45, 2.75) is 40.2 Å². The lowest BCUT2D eigenvalue weighted by molar-refractivity contribution is 0.219. The molecular weight excluding hydrogens is 248 g/mol. The lowest BCUT2D eigenvalue weighted by Gasteiger charge is -2.18. The van der Waals surface area contributed by atoms with Crippen LogP contribution in [0.1, 0.15) is 29.2 Å². The highest BCUT2D eigenvalue weighted by Crippen LogP contribution is 2.26. The van der Waals surface area contributed by atoms with E-state index in [4.69, 9.17) is 4.74 Å². The Morgan fingerprint density at radius 3 is 2.40 bits per heavy atom. The fraction of sp³-hybridized carbons (Fsp3) is 0.333. The van der Waals surface area contributed by atoms with Crippen LogP contribution in [0.15, 0.2) is 36.4 Å². The third kappa shape index (κ3) is 3.13. The number of ether oxygens (including phenoxy) is 1. The molecule has 0 aliphatic heterocycles. The average Bonchev–Trinajstić information content (AvgIpc) is 2.42. The van der Waals surface area contributed by atoms with Gasteiger partial charge in [0.2, 0.25) is 0 Å². The van der Waals surface area contributed by atoms with Crippen LogP contribution in [0.3, 0.4) is 0 Å². The van der Waals surface area contributed by atoms with Crippen LogP contribution in [0.4, 0.5) is 0 Å². The van der Waals surface area contributed by atoms with Gasteiger partial charge in [-0.3, -0.25) is 0 Å². The zero-order valence-electron chi connectivity index (χ0n) is 12.6. The average molecular weight is 270 g/mol. The lowest BCUT2D eigenvalue weighted by Crippen LogP contribution is -2.16. The first-order chi connectivity index (χ1) is 9.49. The van der Waals surface area contributed by atoms with Gasteiger partial charge in [-0.05, 0) is 62.1 Å². The predicted octanol–water partition coefficient (Wildman–Crippen LogP) is 4.33. The minimum atomic E-state index is 0.0177. The zero-order valence-corrected chi connectivity index (χ0v) is 12.6. The van der Waals surface area contributed by atoms with E-state index < -0.39 is 0 Å². The number of benzene rings is 2. The summed E-state index contributed by atoms with van der Waals surface area (Å²) < 4.78 is 6.03. The number of hydrogen-bond acceptors (Lipinski definition) is 2. The number of phenolic OH excluding ortho intramolecular Hbond substituents is 1. The maximum Gasteiger partial charge on any atom is 0.122 e. The molecule has 2 heteroatoms. The molecule has 1 atom stereocenters. The Labute approximate surface area is 121 Å². The summed E-state index contributed by atoms with van der Waals surface area (Å²) in [6.07, 6.45) is 0.711. The summed E-state index contributed by atoms with van der Waals surface area (Å²) in [6, 6.07) is 11.5. The molecule has 0 aromatic heterocycles. The Morgan fingerprint density at radius 1 is 1.00 bits per heavy atom. The van der Waals surface area contributed by atoms with Gasteiger partial charge in [0.05, 0.1) is 0 Å². The van der Waals surface area contributed by atoms with E-state index in [-0.39, 0.29) is 6.10 Å². The zero-order chi connectivity index (χ0) is 14.7. The van der Waals surface area contributed by atoms with Gasteiger partial charge in [-0.15, -0.1) is 0 Å². The molecule has 2 aromatic carbocycles. The number of phenols is 1. The summed E-state index contributed by atoms with van der Waals surface area (Å²) in [5.74, 6) is 1.26. The monoisotopic (exact) mass is 270 g/mol. The van der Waals surface area contributed by atoms with Crippen molar-refractivity contribution in [2.75, 3.05) is 0 Å². The first kappa shape index (κ1) is 14.4. The van der Waals surface area contributed by atoms with Crippen molar-refractivity contribution < 1.29 is 9.84 Å². The van der Waals surface area contributed by atoms with E-state index in [1.54, 1.807) is 6.07 Å². The molecule has 2 nitrogen and oxygen atoms in total. The van der Waals surface area contributed by atoms with Gasteiger partial charge in [-0.25, -0.2) is 0 Å². The van der Waals surface area contributed by atoms with Crippen LogP contribution in [0.5, 0.6) is 11.5 Å². The second-order valence-electron chi connectivity index (χ2n) is 5.39. The van der Waals surface area contributed by atoms with Crippen LogP contribution >= 0.6 is 0 Å². The van der Waals surface area contributed by atoms with Gasteiger partial charge in [0.15, 0.2) is 0 Å². The van der Waals surface area contributed by atoms with Gasteiger partial charge >= 0.3 is 0 Å². The van der Waals surface area contributed by atoms with Crippen LogP contribution in [-0.2, 0) is 6.42 Å². The second kappa shape index (κ2) is 6.00. The van der Waals surface area contributed by atoms with E-state index in [2.05, 4.69) is 26.8 Å². The second-order valence-corrected chi connectivity index (χ2v) is 5.39. The summed E-state index contributed by atoms with van der Waals surface area (Å²) in [7, 11) is 0. The Morgan fingerprint density at radius 2 is 1.70 bits per heavy atom. The number of para-hydroxylation sites is 1. The number of aromatic hydroxyl groups is 1. The number of aryl methyl sites for hydroxylation is 1. The van der Waals surface area contributed by atoms with E-state index in [9.17, 15) is 5.11 Å². The van der Waals surface area contributed by atoms with Crippen LogP contribution in [0, 0.1) is 20.8 Å². The van der Waals surface area contributed by atoms with Crippen LogP contribution < -0.4 is 4.74 Å². The summed E-state index contributed by atoms with van der Waals surface area (Å²) in [5, 5.41) is 9.81. The van der Waals surface area contributed by atoms with E-state index in [0.717, 1.165) is 11.3 Å². The van der Waals surface area contributed by atoms with Gasteiger partial charge in [0.1, 0.15) is 17.6 Å². The molecule has 1 N–H and O–H groups in total. The van der Waals surface area contributed by atoms with Crippen molar-refractivity contribution in [2.24, 2.45) is 0 Å². The van der Waals surface area contributed by atoms with Crippen molar-refractivity contribution in [3.63, 3.8) is 0 Å². The minimum Gasteiger partial charge on any atom is -0.508 e. The quantitative estimate of drug-likeness (QED) is 0.896. The van der Waals surface area contributed by atoms with Crippen molar-refractivity contribution in [1.82, 2.24) is 0 Å². The molecule has 2 aromatic rings. The highest BCUT2D eigenvalue weighted by Gasteiger charge is 2.11. The Kier molecular flexibility index (Phi) is 4.33. The van der Waals surface area contributed by atoms with E-state index in [0.29, 0.717) is 12.2 Å². The maximum atomic E-state index is 9.81. The molecule has 1 unspecified atom stereocenters. The molecule has 0 fully saturated rings. The Balaban J connectivity index is 2.11. The van der Waals surface area contributed by atoms with Crippen molar-refractivity contribution >= 4 is 0 Å². The minimum absolute atomic E-state index is 0.0177. The molecule has 0 aliphatic rings. The highest BCUT2D eigenvalue weighted by atomic mass is 16.5. The Bertz CT molecular complexity index is 602. The fourth-order valence-electron chi connectivity index (χ4n) is 2.31. The maximum absolute atomic E-state index is 9.81. The van der Waals surface area contributed by atoms with Crippen LogP contribution in [0.2, 0.25) is 0 Å². The fourth-order valence-corrected chi connectivity index (χ4v) is 2.31. The third-order valence-electron chi connectivity index (χ3n) is 3.84. The third-order valence-corrected chi connectivity index (χ3v) is 3.84. The van der Waals surface area contributed by atoms with Gasteiger partial charge in [0, 0.05) is 6.42 Å². The lowest BCUT2D eigenvalue weighted by atomic mass is 10.0. The Hall–Kier alpha value is -1.96. The molecule has 0 heterocycles. The van der Waals surface area contributed by atoms with E-state index in [1.165, 1.54) is 16.7 Å². The molecule has 0 saturated carbocycles. The molecule has 20 heavy (non-hydrogen) atoms. The summed E-state index contributed by atoms with van der Waals surface area (Å²) in [5.41, 5.74) is 4.66. The topological polar surface area (TPSA) is 29.5 Å². The molecule has 106 valence electrons. The molecule has 0 spiro atoms. The SMILES string of the molecule is Cc1ccc(OC(C)Cc2ccccc2O)c(C)c1C. The van der Waals surface area contributed by atoms with Crippen LogP contribution in [-0.4, -0.2) is 11.2 Å². The summed E-state index contributed by atoms with van der Waals surface area (Å²) in [6.45, 7) is 8.34. The molecule has 0 amide bonds. The van der Waals surface area contributed by atoms with Gasteiger partial charge in [0.25, 0.3) is 0 Å². The predicted molar refractivity (Wildman–Crippen MR) is 82.6 cm³/mol. The molecular formula is C18H22O2. The highest BCUT2D eigenvalue weighted by molar-refractivity contribution is 5.43. The van der Waals surface area contributed by atoms with E-state index >= 15 is 0 Å². The van der Waals surface area contributed by atoms with Gasteiger partial charge in [-0.1, -0.05) is 24.3 Å². The molecule has 0 bridgehead atoms. The smallest absolute Gasteiger partial charge is 0.122 e. The van der Waals surface area contributed by atoms with Gasteiger partial charge < -0.3 is 9.84 Å². The van der Waals surface area contributed by atoms with E-state index in [1.807, 2.05) is 31.2 Å². The summed E-state index contributed by atoms with van der Waals surface area (Å²) in [4.78, 5) is 0. The molecule has 0 saturated heterocycles. The van der Waals surface area contributed by atoms with Crippen LogP contribution in [0.25, 0.3) is 0 Å². The molecule has 0 aliphatic carbocycles. The van der Waals surface area contributed by atoms with Crippen molar-refractivity contribution in [3.8, 4) is 11.5 Å². The van der Waals surface area contributed by atoms with Crippen molar-refractivity contribution in [1.29, 1.82) is 0 Å². The van der Waals surface area contributed by atoms with Gasteiger partial charge in [-0.2, -0.15) is 0 Å². The molecule has 0 radical (unpaired) electrons.